The third kappa shape index (κ3) is 7.27. The molecule has 0 aromatic heterocycles. The Morgan fingerprint density at radius 3 is 2.20 bits per heavy atom. The standard InChI is InChI=1S/C31H31N3O5S/c1-3-24-14-17-27(18-15-24)34(40(36,37)28-12-8-5-9-13-28)22-31(35)33-32-21-26-16-19-29(30(20-26)38-2)39-23-25-10-6-4-7-11-25/h4-21H,3,22-23H2,1-2H3,(H,33,35)/b32-21-. The van der Waals surface area contributed by atoms with Crippen LogP contribution >= 0.6 is 0 Å². The van der Waals surface area contributed by atoms with Crippen LogP contribution in [0.5, 0.6) is 11.5 Å². The van der Waals surface area contributed by atoms with Gasteiger partial charge in [-0.15, -0.1) is 0 Å². The van der Waals surface area contributed by atoms with Gasteiger partial charge in [0.1, 0.15) is 13.2 Å². The number of hydrazone groups is 1. The molecule has 0 spiro atoms. The van der Waals surface area contributed by atoms with Gasteiger partial charge in [-0.3, -0.25) is 9.10 Å². The molecule has 4 rings (SSSR count). The Kier molecular flexibility index (Phi) is 9.53. The predicted molar refractivity (Wildman–Crippen MR) is 156 cm³/mol. The second-order valence-corrected chi connectivity index (χ2v) is 10.7. The van der Waals surface area contributed by atoms with Crippen molar-refractivity contribution in [3.63, 3.8) is 0 Å². The van der Waals surface area contributed by atoms with Crippen molar-refractivity contribution < 1.29 is 22.7 Å². The number of benzene rings is 4. The Labute approximate surface area is 234 Å². The van der Waals surface area contributed by atoms with Crippen LogP contribution in [0.2, 0.25) is 0 Å². The van der Waals surface area contributed by atoms with E-state index in [1.165, 1.54) is 18.3 Å². The van der Waals surface area contributed by atoms with Crippen LogP contribution in [0.25, 0.3) is 0 Å². The van der Waals surface area contributed by atoms with E-state index in [1.807, 2.05) is 49.4 Å². The monoisotopic (exact) mass is 557 g/mol. The molecule has 0 fully saturated rings. The predicted octanol–water partition coefficient (Wildman–Crippen LogP) is 5.18. The molecule has 0 aliphatic carbocycles. The van der Waals surface area contributed by atoms with E-state index >= 15 is 0 Å². The van der Waals surface area contributed by atoms with Crippen LogP contribution in [0.15, 0.2) is 113 Å². The first-order valence-corrected chi connectivity index (χ1v) is 14.2. The van der Waals surface area contributed by atoms with Gasteiger partial charge in [-0.1, -0.05) is 67.6 Å². The minimum absolute atomic E-state index is 0.0903. The summed E-state index contributed by atoms with van der Waals surface area (Å²) in [6, 6.07) is 30.2. The highest BCUT2D eigenvalue weighted by Gasteiger charge is 2.27. The number of aryl methyl sites for hydroxylation is 1. The van der Waals surface area contributed by atoms with Crippen molar-refractivity contribution >= 4 is 27.8 Å². The molecule has 1 N–H and O–H groups in total. The lowest BCUT2D eigenvalue weighted by Gasteiger charge is -2.24. The van der Waals surface area contributed by atoms with Crippen molar-refractivity contribution in [3.8, 4) is 11.5 Å². The second kappa shape index (κ2) is 13.4. The first-order chi connectivity index (χ1) is 19.4. The molecule has 9 heteroatoms. The zero-order chi connectivity index (χ0) is 28.4. The highest BCUT2D eigenvalue weighted by Crippen LogP contribution is 2.28. The Hall–Kier alpha value is -4.63. The lowest BCUT2D eigenvalue weighted by molar-refractivity contribution is -0.119. The van der Waals surface area contributed by atoms with Crippen molar-refractivity contribution in [1.82, 2.24) is 5.43 Å². The highest BCUT2D eigenvalue weighted by molar-refractivity contribution is 7.92. The number of amides is 1. The van der Waals surface area contributed by atoms with Crippen molar-refractivity contribution in [2.75, 3.05) is 18.0 Å². The van der Waals surface area contributed by atoms with Gasteiger partial charge in [0.25, 0.3) is 15.9 Å². The fraction of sp³-hybridized carbons (Fsp3) is 0.161. The van der Waals surface area contributed by atoms with Gasteiger partial charge in [-0.25, -0.2) is 13.8 Å². The van der Waals surface area contributed by atoms with Crippen LogP contribution in [0, 0.1) is 0 Å². The molecule has 0 saturated heterocycles. The number of nitrogens with zero attached hydrogens (tertiary/aromatic N) is 2. The molecular weight excluding hydrogens is 526 g/mol. The number of rotatable bonds is 12. The maximum absolute atomic E-state index is 13.4. The number of hydrogen-bond acceptors (Lipinski definition) is 6. The topological polar surface area (TPSA) is 97.3 Å². The van der Waals surface area contributed by atoms with Crippen LogP contribution in [0.3, 0.4) is 0 Å². The number of nitrogens with one attached hydrogen (secondary N) is 1. The number of hydrogen-bond donors (Lipinski definition) is 1. The molecule has 0 bridgehead atoms. The van der Waals surface area contributed by atoms with Gasteiger partial charge in [-0.05, 0) is 65.6 Å². The highest BCUT2D eigenvalue weighted by atomic mass is 32.2. The largest absolute Gasteiger partial charge is 0.493 e. The van der Waals surface area contributed by atoms with Gasteiger partial charge >= 0.3 is 0 Å². The smallest absolute Gasteiger partial charge is 0.264 e. The zero-order valence-corrected chi connectivity index (χ0v) is 23.2. The fourth-order valence-electron chi connectivity index (χ4n) is 3.90. The summed E-state index contributed by atoms with van der Waals surface area (Å²) in [5, 5.41) is 4.03. The molecule has 1 amide bonds. The fourth-order valence-corrected chi connectivity index (χ4v) is 5.34. The Morgan fingerprint density at radius 2 is 1.55 bits per heavy atom. The third-order valence-corrected chi connectivity index (χ3v) is 7.87. The minimum atomic E-state index is -4.00. The van der Waals surface area contributed by atoms with Crippen LogP contribution in [-0.2, 0) is 27.8 Å². The number of carbonyl (C=O) groups excluding carboxylic acids is 1. The number of anilines is 1. The normalized spacial score (nSPS) is 11.2. The molecular formula is C31H31N3O5S. The van der Waals surface area contributed by atoms with E-state index in [1.54, 1.807) is 55.6 Å². The van der Waals surface area contributed by atoms with Crippen molar-refractivity contribution in [1.29, 1.82) is 0 Å². The number of ether oxygens (including phenoxy) is 2. The van der Waals surface area contributed by atoms with Crippen LogP contribution < -0.4 is 19.2 Å². The molecule has 0 radical (unpaired) electrons. The van der Waals surface area contributed by atoms with Gasteiger partial charge in [0.05, 0.1) is 23.9 Å². The van der Waals surface area contributed by atoms with E-state index in [4.69, 9.17) is 9.47 Å². The van der Waals surface area contributed by atoms with Crippen LogP contribution in [0.1, 0.15) is 23.6 Å². The van der Waals surface area contributed by atoms with Crippen LogP contribution in [0.4, 0.5) is 5.69 Å². The molecule has 0 unspecified atom stereocenters. The molecule has 0 heterocycles. The Bertz CT molecular complexity index is 1540. The molecule has 4 aromatic carbocycles. The summed E-state index contributed by atoms with van der Waals surface area (Å²) in [6.07, 6.45) is 2.26. The van der Waals surface area contributed by atoms with Crippen LogP contribution in [-0.4, -0.2) is 34.2 Å². The average Bonchev–Trinajstić information content (AvgIpc) is 3.00. The number of methoxy groups -OCH3 is 1. The van der Waals surface area contributed by atoms with Gasteiger partial charge in [0.2, 0.25) is 0 Å². The quantitative estimate of drug-likeness (QED) is 0.191. The summed E-state index contributed by atoms with van der Waals surface area (Å²) in [5.74, 6) is 0.496. The van der Waals surface area contributed by atoms with Gasteiger partial charge in [0, 0.05) is 0 Å². The Morgan fingerprint density at radius 1 is 0.875 bits per heavy atom. The molecule has 0 atom stereocenters. The van der Waals surface area contributed by atoms with E-state index in [0.29, 0.717) is 29.4 Å². The maximum atomic E-state index is 13.4. The summed E-state index contributed by atoms with van der Waals surface area (Å²) in [6.45, 7) is 1.96. The average molecular weight is 558 g/mol. The van der Waals surface area contributed by atoms with E-state index < -0.39 is 22.5 Å². The van der Waals surface area contributed by atoms with Crippen molar-refractivity contribution in [2.24, 2.45) is 5.10 Å². The van der Waals surface area contributed by atoms with E-state index in [2.05, 4.69) is 10.5 Å². The Balaban J connectivity index is 1.45. The second-order valence-electron chi connectivity index (χ2n) is 8.82. The SMILES string of the molecule is CCc1ccc(N(CC(=O)N/N=C\c2ccc(OCc3ccccc3)c(OC)c2)S(=O)(=O)c2ccccc2)cc1. The molecule has 40 heavy (non-hydrogen) atoms. The first kappa shape index (κ1) is 28.4. The number of sulfonamides is 1. The molecule has 0 aliphatic rings. The number of carbonyl (C=O) groups is 1. The molecule has 8 nitrogen and oxygen atoms in total. The van der Waals surface area contributed by atoms with Crippen molar-refractivity contribution in [3.05, 3.63) is 120 Å². The molecule has 4 aromatic rings. The van der Waals surface area contributed by atoms with Gasteiger partial charge in [0.15, 0.2) is 11.5 Å². The lowest BCUT2D eigenvalue weighted by atomic mass is 10.1. The van der Waals surface area contributed by atoms with Gasteiger partial charge < -0.3 is 9.47 Å². The maximum Gasteiger partial charge on any atom is 0.264 e. The first-order valence-electron chi connectivity index (χ1n) is 12.7. The summed E-state index contributed by atoms with van der Waals surface area (Å²) in [5.41, 5.74) is 5.56. The van der Waals surface area contributed by atoms with Gasteiger partial charge in [-0.2, -0.15) is 5.10 Å². The lowest BCUT2D eigenvalue weighted by Crippen LogP contribution is -2.39. The van der Waals surface area contributed by atoms with E-state index in [9.17, 15) is 13.2 Å². The summed E-state index contributed by atoms with van der Waals surface area (Å²) in [7, 11) is -2.45. The zero-order valence-electron chi connectivity index (χ0n) is 22.4. The molecule has 0 saturated carbocycles. The summed E-state index contributed by atoms with van der Waals surface area (Å²) >= 11 is 0. The molecule has 0 aliphatic heterocycles. The van der Waals surface area contributed by atoms with E-state index in [-0.39, 0.29) is 4.90 Å². The summed E-state index contributed by atoms with van der Waals surface area (Å²) < 4.78 is 39.3. The third-order valence-electron chi connectivity index (χ3n) is 6.08. The molecule has 206 valence electrons. The summed E-state index contributed by atoms with van der Waals surface area (Å²) in [4.78, 5) is 12.9. The van der Waals surface area contributed by atoms with Crippen molar-refractivity contribution in [2.45, 2.75) is 24.8 Å². The van der Waals surface area contributed by atoms with E-state index in [0.717, 1.165) is 21.9 Å². The minimum Gasteiger partial charge on any atom is -0.493 e.